The third kappa shape index (κ3) is 3.22. The molecule has 1 aliphatic rings. The summed E-state index contributed by atoms with van der Waals surface area (Å²) in [7, 11) is 1.58. The minimum absolute atomic E-state index is 0.0209. The average molecular weight is 344 g/mol. The number of hydrogen-bond donors (Lipinski definition) is 1. The molecule has 2 atom stereocenters. The van der Waals surface area contributed by atoms with E-state index in [9.17, 15) is 14.3 Å². The van der Waals surface area contributed by atoms with E-state index in [1.54, 1.807) is 43.2 Å². The summed E-state index contributed by atoms with van der Waals surface area (Å²) in [5.74, 6) is -0.379. The topological polar surface area (TPSA) is 62.7 Å². The maximum absolute atomic E-state index is 13.9. The van der Waals surface area contributed by atoms with Crippen molar-refractivity contribution in [2.24, 2.45) is 0 Å². The van der Waals surface area contributed by atoms with Gasteiger partial charge < -0.3 is 14.7 Å². The Labute approximate surface area is 146 Å². The van der Waals surface area contributed by atoms with Crippen molar-refractivity contribution in [3.05, 3.63) is 59.7 Å². The molecule has 1 fully saturated rings. The van der Waals surface area contributed by atoms with E-state index in [0.717, 1.165) is 12.6 Å². The SMILES string of the molecule is COc1ccc([C@@](C)(O)[C@@H]2CCCN2C(=O)c2ccncc2F)cc1. The van der Waals surface area contributed by atoms with Crippen LogP contribution in [0.3, 0.4) is 0 Å². The number of ether oxygens (including phenoxy) is 1. The molecule has 132 valence electrons. The first-order chi connectivity index (χ1) is 11.9. The Balaban J connectivity index is 1.89. The lowest BCUT2D eigenvalue weighted by Gasteiger charge is -2.37. The number of pyridine rings is 1. The highest BCUT2D eigenvalue weighted by atomic mass is 19.1. The fourth-order valence-electron chi connectivity index (χ4n) is 3.42. The van der Waals surface area contributed by atoms with Crippen LogP contribution in [0, 0.1) is 5.82 Å². The van der Waals surface area contributed by atoms with Crippen LogP contribution in [0.15, 0.2) is 42.7 Å². The third-order valence-corrected chi connectivity index (χ3v) is 4.84. The number of carbonyl (C=O) groups excluding carboxylic acids is 1. The summed E-state index contributed by atoms with van der Waals surface area (Å²) in [6.07, 6.45) is 3.83. The number of halogens is 1. The van der Waals surface area contributed by atoms with Crippen molar-refractivity contribution >= 4 is 5.91 Å². The number of methoxy groups -OCH3 is 1. The molecule has 0 unspecified atom stereocenters. The van der Waals surface area contributed by atoms with Crippen LogP contribution in [0.25, 0.3) is 0 Å². The van der Waals surface area contributed by atoms with Gasteiger partial charge in [-0.2, -0.15) is 0 Å². The lowest BCUT2D eigenvalue weighted by molar-refractivity contribution is -0.0178. The number of nitrogens with zero attached hydrogens (tertiary/aromatic N) is 2. The van der Waals surface area contributed by atoms with Gasteiger partial charge in [-0.1, -0.05) is 12.1 Å². The van der Waals surface area contributed by atoms with E-state index in [1.165, 1.54) is 12.3 Å². The fourth-order valence-corrected chi connectivity index (χ4v) is 3.42. The van der Waals surface area contributed by atoms with Crippen molar-refractivity contribution in [1.29, 1.82) is 0 Å². The van der Waals surface area contributed by atoms with Gasteiger partial charge in [-0.3, -0.25) is 9.78 Å². The van der Waals surface area contributed by atoms with Crippen LogP contribution in [0.5, 0.6) is 5.75 Å². The number of amides is 1. The van der Waals surface area contributed by atoms with Crippen molar-refractivity contribution in [2.75, 3.05) is 13.7 Å². The van der Waals surface area contributed by atoms with E-state index in [1.807, 2.05) is 0 Å². The van der Waals surface area contributed by atoms with Gasteiger partial charge in [-0.15, -0.1) is 0 Å². The van der Waals surface area contributed by atoms with Gasteiger partial charge in [0.15, 0.2) is 5.82 Å². The number of hydrogen-bond acceptors (Lipinski definition) is 4. The summed E-state index contributed by atoms with van der Waals surface area (Å²) in [5.41, 5.74) is -0.581. The number of likely N-dealkylation sites (tertiary alicyclic amines) is 1. The lowest BCUT2D eigenvalue weighted by atomic mass is 9.86. The molecular weight excluding hydrogens is 323 g/mol. The van der Waals surface area contributed by atoms with Gasteiger partial charge >= 0.3 is 0 Å². The second-order valence-corrected chi connectivity index (χ2v) is 6.39. The molecule has 1 aromatic heterocycles. The molecule has 1 aromatic carbocycles. The van der Waals surface area contributed by atoms with Crippen LogP contribution in [0.4, 0.5) is 4.39 Å². The summed E-state index contributed by atoms with van der Waals surface area (Å²) in [6, 6.07) is 8.05. The van der Waals surface area contributed by atoms with Gasteiger partial charge in [0.2, 0.25) is 0 Å². The summed E-state index contributed by atoms with van der Waals surface area (Å²) < 4.78 is 19.1. The molecule has 0 spiro atoms. The number of rotatable bonds is 4. The van der Waals surface area contributed by atoms with Crippen LogP contribution in [0.1, 0.15) is 35.7 Å². The van der Waals surface area contributed by atoms with Crippen molar-refractivity contribution < 1.29 is 19.0 Å². The molecular formula is C19H21FN2O3. The fraction of sp³-hybridized carbons (Fsp3) is 0.368. The summed E-state index contributed by atoms with van der Waals surface area (Å²) >= 11 is 0. The first-order valence-corrected chi connectivity index (χ1v) is 8.22. The molecule has 0 aliphatic carbocycles. The normalized spacial score (nSPS) is 19.5. The highest BCUT2D eigenvalue weighted by Gasteiger charge is 2.43. The average Bonchev–Trinajstić information content (AvgIpc) is 3.12. The molecule has 2 aromatic rings. The van der Waals surface area contributed by atoms with Crippen molar-refractivity contribution in [2.45, 2.75) is 31.4 Å². The molecule has 25 heavy (non-hydrogen) atoms. The zero-order valence-electron chi connectivity index (χ0n) is 14.3. The molecule has 2 heterocycles. The zero-order chi connectivity index (χ0) is 18.0. The number of benzene rings is 1. The lowest BCUT2D eigenvalue weighted by Crippen LogP contribution is -2.48. The Kier molecular flexibility index (Phi) is 4.72. The minimum atomic E-state index is -1.25. The predicted octanol–water partition coefficient (Wildman–Crippen LogP) is 2.74. The number of aliphatic hydroxyl groups is 1. The summed E-state index contributed by atoms with van der Waals surface area (Å²) in [6.45, 7) is 2.17. The molecule has 1 amide bonds. The third-order valence-electron chi connectivity index (χ3n) is 4.84. The zero-order valence-corrected chi connectivity index (χ0v) is 14.3. The van der Waals surface area contributed by atoms with Gasteiger partial charge in [-0.25, -0.2) is 4.39 Å². The highest BCUT2D eigenvalue weighted by Crippen LogP contribution is 2.36. The maximum atomic E-state index is 13.9. The summed E-state index contributed by atoms with van der Waals surface area (Å²) in [5, 5.41) is 11.1. The van der Waals surface area contributed by atoms with Crippen molar-refractivity contribution in [3.8, 4) is 5.75 Å². The Morgan fingerprint density at radius 3 is 2.72 bits per heavy atom. The van der Waals surface area contributed by atoms with E-state index >= 15 is 0 Å². The second-order valence-electron chi connectivity index (χ2n) is 6.39. The van der Waals surface area contributed by atoms with Gasteiger partial charge in [0.05, 0.1) is 24.9 Å². The maximum Gasteiger partial charge on any atom is 0.257 e. The quantitative estimate of drug-likeness (QED) is 0.926. The second kappa shape index (κ2) is 6.80. The van der Waals surface area contributed by atoms with Crippen molar-refractivity contribution in [3.63, 3.8) is 0 Å². The van der Waals surface area contributed by atoms with E-state index in [2.05, 4.69) is 4.98 Å². The first-order valence-electron chi connectivity index (χ1n) is 8.22. The van der Waals surface area contributed by atoms with Crippen LogP contribution >= 0.6 is 0 Å². The highest BCUT2D eigenvalue weighted by molar-refractivity contribution is 5.94. The van der Waals surface area contributed by atoms with Crippen LogP contribution in [-0.2, 0) is 5.60 Å². The Morgan fingerprint density at radius 1 is 1.36 bits per heavy atom. The van der Waals surface area contributed by atoms with E-state index in [-0.39, 0.29) is 5.56 Å². The molecule has 0 bridgehead atoms. The Morgan fingerprint density at radius 2 is 2.08 bits per heavy atom. The Bertz CT molecular complexity index is 762. The molecule has 0 saturated carbocycles. The van der Waals surface area contributed by atoms with Gasteiger partial charge in [0, 0.05) is 12.7 Å². The van der Waals surface area contributed by atoms with Crippen LogP contribution < -0.4 is 4.74 Å². The smallest absolute Gasteiger partial charge is 0.257 e. The Hall–Kier alpha value is -2.47. The monoisotopic (exact) mass is 344 g/mol. The van der Waals surface area contributed by atoms with Gasteiger partial charge in [-0.05, 0) is 43.5 Å². The summed E-state index contributed by atoms with van der Waals surface area (Å²) in [4.78, 5) is 18.0. The van der Waals surface area contributed by atoms with E-state index in [0.29, 0.717) is 24.3 Å². The van der Waals surface area contributed by atoms with Crippen molar-refractivity contribution in [1.82, 2.24) is 9.88 Å². The number of carbonyl (C=O) groups is 1. The molecule has 1 saturated heterocycles. The van der Waals surface area contributed by atoms with E-state index < -0.39 is 23.4 Å². The molecule has 0 radical (unpaired) electrons. The molecule has 5 nitrogen and oxygen atoms in total. The van der Waals surface area contributed by atoms with Crippen LogP contribution in [-0.4, -0.2) is 40.6 Å². The minimum Gasteiger partial charge on any atom is -0.497 e. The standard InChI is InChI=1S/C19H21FN2O3/c1-19(24,13-5-7-14(25-2)8-6-13)17-4-3-11-22(17)18(23)15-9-10-21-12-16(15)20/h5-10,12,17,24H,3-4,11H2,1-2H3/t17-,19+/m0/s1. The molecule has 6 heteroatoms. The molecule has 3 rings (SSSR count). The van der Waals surface area contributed by atoms with Gasteiger partial charge in [0.1, 0.15) is 11.4 Å². The van der Waals surface area contributed by atoms with E-state index in [4.69, 9.17) is 4.74 Å². The number of aromatic nitrogens is 1. The predicted molar refractivity (Wildman–Crippen MR) is 90.8 cm³/mol. The van der Waals surface area contributed by atoms with Crippen LogP contribution in [0.2, 0.25) is 0 Å². The molecule has 1 N–H and O–H groups in total. The first kappa shape index (κ1) is 17.4. The largest absolute Gasteiger partial charge is 0.497 e. The molecule has 1 aliphatic heterocycles. The van der Waals surface area contributed by atoms with Gasteiger partial charge in [0.25, 0.3) is 5.91 Å².